The minimum atomic E-state index is -2.66. The van der Waals surface area contributed by atoms with E-state index in [2.05, 4.69) is 20.8 Å². The maximum absolute atomic E-state index is 14.0. The minimum Gasteiger partial charge on any atom is -0.314 e. The first kappa shape index (κ1) is 59.9. The van der Waals surface area contributed by atoms with Gasteiger partial charge in [-0.1, -0.05) is 332 Å². The van der Waals surface area contributed by atoms with Gasteiger partial charge in [0.15, 0.2) is 0 Å². The molecule has 0 spiro atoms. The van der Waals surface area contributed by atoms with Crippen LogP contribution in [-0.2, 0) is 9.09 Å². The van der Waals surface area contributed by atoms with Crippen molar-refractivity contribution in [3.05, 3.63) is 0 Å². The maximum Gasteiger partial charge on any atom is 0.313 e. The average Bonchev–Trinajstić information content (AvgIpc) is 3.24. The third kappa shape index (κ3) is 51.4. The zero-order valence-corrected chi connectivity index (χ0v) is 43.7. The molecule has 0 atom stereocenters. The molecular weight excluding hydrogens is 776 g/mol. The van der Waals surface area contributed by atoms with Crippen molar-refractivity contribution in [2.24, 2.45) is 0 Å². The van der Waals surface area contributed by atoms with Crippen molar-refractivity contribution in [3.8, 4) is 0 Å². The van der Waals surface area contributed by atoms with Crippen LogP contribution in [0.15, 0.2) is 0 Å². The Hall–Kier alpha value is 0.890. The molecule has 2 nitrogen and oxygen atoms in total. The van der Waals surface area contributed by atoms with E-state index in [1.165, 1.54) is 302 Å². The Bertz CT molecular complexity index is 694. The molecule has 0 amide bonds. The van der Waals surface area contributed by atoms with Crippen LogP contribution in [0.25, 0.3) is 0 Å². The molecule has 356 valence electrons. The van der Waals surface area contributed by atoms with Crippen molar-refractivity contribution >= 4 is 28.5 Å². The third-order valence-corrected chi connectivity index (χ3v) is 20.3. The van der Waals surface area contributed by atoms with E-state index in [4.69, 9.17) is 4.52 Å². The number of unbranched alkanes of at least 4 members (excludes halogenated alkanes) is 45. The van der Waals surface area contributed by atoms with E-state index in [1.807, 2.05) is 0 Å². The number of rotatable bonds is 54. The molecule has 0 unspecified atom stereocenters. The van der Waals surface area contributed by atoms with Crippen LogP contribution in [-0.4, -0.2) is 18.1 Å². The van der Waals surface area contributed by atoms with E-state index in [-0.39, 0.29) is 0 Å². The maximum atomic E-state index is 14.0. The van der Waals surface area contributed by atoms with E-state index in [1.54, 1.807) is 22.8 Å². The Labute approximate surface area is 382 Å². The van der Waals surface area contributed by atoms with Crippen LogP contribution in [0.2, 0.25) is 0 Å². The predicted molar refractivity (Wildman–Crippen MR) is 277 cm³/mol. The highest BCUT2D eigenvalue weighted by molar-refractivity contribution is 8.89. The molecule has 0 aromatic heterocycles. The molecule has 0 rings (SSSR count). The molecule has 0 aromatic carbocycles. The second kappa shape index (κ2) is 53.2. The fraction of sp³-hybridized carbons (Fsp3) is 1.00. The SMILES string of the molecule is CCCCCCCCCCCCCCCCCCOP(=O)(SCCCCCCCCCCCCCCCCCC)SCCCCCCCCCCCCCCCCCC. The summed E-state index contributed by atoms with van der Waals surface area (Å²) in [6.07, 6.45) is 66.9. The zero-order valence-electron chi connectivity index (χ0n) is 41.1. The first-order valence-electron chi connectivity index (χ1n) is 27.7. The fourth-order valence-electron chi connectivity index (χ4n) is 8.59. The van der Waals surface area contributed by atoms with E-state index in [0.717, 1.165) is 17.9 Å². The second-order valence-corrected chi connectivity index (χ2v) is 26.5. The van der Waals surface area contributed by atoms with Crippen molar-refractivity contribution in [2.75, 3.05) is 18.1 Å². The van der Waals surface area contributed by atoms with Gasteiger partial charge in [0, 0.05) is 11.5 Å². The van der Waals surface area contributed by atoms with E-state index in [0.29, 0.717) is 6.61 Å². The summed E-state index contributed by atoms with van der Waals surface area (Å²) in [6.45, 7) is 7.60. The van der Waals surface area contributed by atoms with Crippen molar-refractivity contribution < 1.29 is 9.09 Å². The Morgan fingerprint density at radius 1 is 0.254 bits per heavy atom. The smallest absolute Gasteiger partial charge is 0.313 e. The van der Waals surface area contributed by atoms with Crippen LogP contribution in [0.3, 0.4) is 0 Å². The lowest BCUT2D eigenvalue weighted by Gasteiger charge is -2.17. The Morgan fingerprint density at radius 2 is 0.424 bits per heavy atom. The van der Waals surface area contributed by atoms with Crippen molar-refractivity contribution in [1.29, 1.82) is 0 Å². The van der Waals surface area contributed by atoms with Gasteiger partial charge >= 0.3 is 5.77 Å². The van der Waals surface area contributed by atoms with Crippen LogP contribution >= 0.6 is 28.5 Å². The first-order valence-corrected chi connectivity index (χ1v) is 32.5. The van der Waals surface area contributed by atoms with Gasteiger partial charge in [-0.05, 0) is 19.3 Å². The summed E-state index contributed by atoms with van der Waals surface area (Å²) in [7, 11) is 0. The van der Waals surface area contributed by atoms with E-state index < -0.39 is 5.77 Å². The lowest BCUT2D eigenvalue weighted by molar-refractivity contribution is 0.321. The molecule has 0 N–H and O–H groups in total. The molecule has 0 aliphatic carbocycles. The lowest BCUT2D eigenvalue weighted by Crippen LogP contribution is -1.93. The summed E-state index contributed by atoms with van der Waals surface area (Å²) in [5, 5.41) is 0. The minimum absolute atomic E-state index is 0.688. The Morgan fingerprint density at radius 3 is 0.627 bits per heavy atom. The van der Waals surface area contributed by atoms with Crippen molar-refractivity contribution in [2.45, 2.75) is 329 Å². The van der Waals surface area contributed by atoms with Gasteiger partial charge in [0.25, 0.3) is 0 Å². The Kier molecular flexibility index (Phi) is 54.0. The van der Waals surface area contributed by atoms with Gasteiger partial charge < -0.3 is 4.52 Å². The second-order valence-electron chi connectivity index (χ2n) is 18.9. The number of hydrogen-bond donors (Lipinski definition) is 0. The molecular formula is C54H111O2PS2. The van der Waals surface area contributed by atoms with Gasteiger partial charge in [-0.3, -0.25) is 4.57 Å². The van der Waals surface area contributed by atoms with Gasteiger partial charge in [0.2, 0.25) is 0 Å². The average molecular weight is 888 g/mol. The molecule has 0 aliphatic rings. The quantitative estimate of drug-likeness (QED) is 0.0449. The highest BCUT2D eigenvalue weighted by Crippen LogP contribution is 2.70. The standard InChI is InChI=1S/C54H111O2PS2/c1-4-7-10-13-16-19-22-25-28-31-34-37-40-43-46-49-52-56-57(55,58-53-50-47-44-41-38-35-32-29-26-23-20-17-14-11-8-5-2)59-54-51-48-45-42-39-36-33-30-27-24-21-18-15-12-9-6-3/h4-54H2,1-3H3. The first-order chi connectivity index (χ1) is 29.2. The molecule has 0 aromatic rings. The lowest BCUT2D eigenvalue weighted by atomic mass is 10.0. The topological polar surface area (TPSA) is 26.3 Å². The van der Waals surface area contributed by atoms with Gasteiger partial charge in [-0.25, -0.2) is 0 Å². The van der Waals surface area contributed by atoms with Gasteiger partial charge in [0.05, 0.1) is 6.61 Å². The van der Waals surface area contributed by atoms with Crippen LogP contribution < -0.4 is 0 Å². The summed E-state index contributed by atoms with van der Waals surface area (Å²) in [4.78, 5) is 0. The molecule has 0 saturated carbocycles. The largest absolute Gasteiger partial charge is 0.314 e. The normalized spacial score (nSPS) is 12.0. The molecule has 0 bridgehead atoms. The highest BCUT2D eigenvalue weighted by atomic mass is 33.1. The summed E-state index contributed by atoms with van der Waals surface area (Å²) in [6, 6.07) is 0. The highest BCUT2D eigenvalue weighted by Gasteiger charge is 2.24. The van der Waals surface area contributed by atoms with Crippen molar-refractivity contribution in [1.82, 2.24) is 0 Å². The van der Waals surface area contributed by atoms with E-state index >= 15 is 0 Å². The molecule has 0 radical (unpaired) electrons. The summed E-state index contributed by atoms with van der Waals surface area (Å²) in [5.41, 5.74) is 0. The third-order valence-electron chi connectivity index (χ3n) is 12.7. The van der Waals surface area contributed by atoms with Gasteiger partial charge in [0.1, 0.15) is 0 Å². The molecule has 0 aliphatic heterocycles. The van der Waals surface area contributed by atoms with Crippen molar-refractivity contribution in [3.63, 3.8) is 0 Å². The zero-order chi connectivity index (χ0) is 42.7. The Balaban J connectivity index is 4.08. The van der Waals surface area contributed by atoms with E-state index in [9.17, 15) is 4.57 Å². The van der Waals surface area contributed by atoms with Crippen LogP contribution in [0, 0.1) is 0 Å². The fourth-order valence-corrected chi connectivity index (χ4v) is 15.5. The molecule has 0 fully saturated rings. The molecule has 0 heterocycles. The summed E-state index contributed by atoms with van der Waals surface area (Å²) < 4.78 is 20.3. The van der Waals surface area contributed by atoms with Crippen LogP contribution in [0.5, 0.6) is 0 Å². The summed E-state index contributed by atoms with van der Waals surface area (Å²) in [5.74, 6) is -0.654. The number of hydrogen-bond acceptors (Lipinski definition) is 4. The van der Waals surface area contributed by atoms with Gasteiger partial charge in [-0.2, -0.15) is 0 Å². The molecule has 5 heteroatoms. The predicted octanol–water partition coefficient (Wildman–Crippen LogP) is 22.4. The monoisotopic (exact) mass is 887 g/mol. The van der Waals surface area contributed by atoms with Crippen LogP contribution in [0.4, 0.5) is 0 Å². The summed E-state index contributed by atoms with van der Waals surface area (Å²) >= 11 is 3.37. The van der Waals surface area contributed by atoms with Crippen LogP contribution in [0.1, 0.15) is 329 Å². The van der Waals surface area contributed by atoms with Gasteiger partial charge in [-0.15, -0.1) is 0 Å². The molecule has 0 saturated heterocycles. The molecule has 59 heavy (non-hydrogen) atoms.